The minimum atomic E-state index is -0.536. The standard InChI is InChI=1S/C14H13Cl2N3O3/c1-3-22-14(21)12-7-11(18-19(12)2)13(20)17-8-4-5-9(15)10(16)6-8/h4-7H,3H2,1-2H3,(H,17,20). The van der Waals surface area contributed by atoms with Gasteiger partial charge in [0.2, 0.25) is 0 Å². The summed E-state index contributed by atoms with van der Waals surface area (Å²) in [6.07, 6.45) is 0. The number of rotatable bonds is 4. The molecular formula is C14H13Cl2N3O3. The third-order valence-corrected chi connectivity index (χ3v) is 3.51. The fourth-order valence-corrected chi connectivity index (χ4v) is 2.04. The lowest BCUT2D eigenvalue weighted by molar-refractivity contribution is 0.0513. The normalized spacial score (nSPS) is 10.4. The quantitative estimate of drug-likeness (QED) is 0.867. The van der Waals surface area contributed by atoms with Crippen molar-refractivity contribution in [2.75, 3.05) is 11.9 Å². The molecule has 1 aromatic heterocycles. The van der Waals surface area contributed by atoms with Gasteiger partial charge in [0.05, 0.1) is 16.7 Å². The van der Waals surface area contributed by atoms with Crippen molar-refractivity contribution in [3.05, 3.63) is 45.7 Å². The monoisotopic (exact) mass is 341 g/mol. The molecule has 0 atom stereocenters. The van der Waals surface area contributed by atoms with Crippen LogP contribution in [0, 0.1) is 0 Å². The third-order valence-electron chi connectivity index (χ3n) is 2.77. The van der Waals surface area contributed by atoms with Crippen LogP contribution < -0.4 is 5.32 Å². The van der Waals surface area contributed by atoms with E-state index in [4.69, 9.17) is 27.9 Å². The second kappa shape index (κ2) is 6.81. The summed E-state index contributed by atoms with van der Waals surface area (Å²) < 4.78 is 6.18. The van der Waals surface area contributed by atoms with Crippen molar-refractivity contribution >= 4 is 40.8 Å². The van der Waals surface area contributed by atoms with Crippen LogP contribution in [-0.4, -0.2) is 28.3 Å². The molecule has 1 N–H and O–H groups in total. The Hall–Kier alpha value is -2.05. The summed E-state index contributed by atoms with van der Waals surface area (Å²) in [5.74, 6) is -1.00. The first kappa shape index (κ1) is 16.3. The lowest BCUT2D eigenvalue weighted by Crippen LogP contribution is -2.13. The van der Waals surface area contributed by atoms with Gasteiger partial charge in [-0.2, -0.15) is 5.10 Å². The van der Waals surface area contributed by atoms with E-state index in [-0.39, 0.29) is 18.0 Å². The zero-order chi connectivity index (χ0) is 16.3. The number of halogens is 2. The fraction of sp³-hybridized carbons (Fsp3) is 0.214. The summed E-state index contributed by atoms with van der Waals surface area (Å²) in [5.41, 5.74) is 0.764. The fourth-order valence-electron chi connectivity index (χ4n) is 1.74. The van der Waals surface area contributed by atoms with Gasteiger partial charge in [-0.05, 0) is 25.1 Å². The molecule has 0 fully saturated rings. The maximum absolute atomic E-state index is 12.1. The van der Waals surface area contributed by atoms with Crippen molar-refractivity contribution in [3.63, 3.8) is 0 Å². The smallest absolute Gasteiger partial charge is 0.356 e. The zero-order valence-electron chi connectivity index (χ0n) is 11.9. The number of hydrogen-bond acceptors (Lipinski definition) is 4. The molecule has 0 spiro atoms. The zero-order valence-corrected chi connectivity index (χ0v) is 13.4. The number of nitrogens with one attached hydrogen (secondary N) is 1. The average molecular weight is 342 g/mol. The second-order valence-electron chi connectivity index (χ2n) is 4.34. The highest BCUT2D eigenvalue weighted by molar-refractivity contribution is 6.42. The van der Waals surface area contributed by atoms with Crippen molar-refractivity contribution in [1.29, 1.82) is 0 Å². The minimum absolute atomic E-state index is 0.0941. The number of anilines is 1. The number of nitrogens with zero attached hydrogens (tertiary/aromatic N) is 2. The largest absolute Gasteiger partial charge is 0.461 e. The highest BCUT2D eigenvalue weighted by Crippen LogP contribution is 2.25. The van der Waals surface area contributed by atoms with Crippen LogP contribution in [0.25, 0.3) is 0 Å². The van der Waals surface area contributed by atoms with E-state index in [1.165, 1.54) is 16.8 Å². The summed E-state index contributed by atoms with van der Waals surface area (Å²) in [6.45, 7) is 1.95. The van der Waals surface area contributed by atoms with E-state index >= 15 is 0 Å². The van der Waals surface area contributed by atoms with Gasteiger partial charge in [0, 0.05) is 18.8 Å². The predicted octanol–water partition coefficient (Wildman–Crippen LogP) is 3.16. The van der Waals surface area contributed by atoms with E-state index in [1.54, 1.807) is 26.1 Å². The van der Waals surface area contributed by atoms with E-state index in [1.807, 2.05) is 0 Å². The number of benzene rings is 1. The molecule has 0 saturated heterocycles. The summed E-state index contributed by atoms with van der Waals surface area (Å²) >= 11 is 11.7. The summed E-state index contributed by atoms with van der Waals surface area (Å²) in [7, 11) is 1.56. The molecule has 2 rings (SSSR count). The molecule has 0 aliphatic rings. The summed E-state index contributed by atoms with van der Waals surface area (Å²) in [5, 5.41) is 7.34. The number of carbonyl (C=O) groups is 2. The van der Waals surface area contributed by atoms with Gasteiger partial charge in [0.25, 0.3) is 5.91 Å². The van der Waals surface area contributed by atoms with E-state index in [2.05, 4.69) is 10.4 Å². The predicted molar refractivity (Wildman–Crippen MR) is 83.6 cm³/mol. The van der Waals surface area contributed by atoms with Crippen LogP contribution in [0.1, 0.15) is 27.9 Å². The number of aromatic nitrogens is 2. The summed E-state index contributed by atoms with van der Waals surface area (Å²) in [4.78, 5) is 23.8. The van der Waals surface area contributed by atoms with Gasteiger partial charge in [-0.15, -0.1) is 0 Å². The highest BCUT2D eigenvalue weighted by Gasteiger charge is 2.18. The molecule has 0 aliphatic heterocycles. The van der Waals surface area contributed by atoms with Gasteiger partial charge in [-0.3, -0.25) is 9.48 Å². The van der Waals surface area contributed by atoms with E-state index < -0.39 is 11.9 Å². The molecular weight excluding hydrogens is 329 g/mol. The Bertz CT molecular complexity index is 728. The molecule has 0 radical (unpaired) electrons. The molecule has 0 aliphatic carbocycles. The van der Waals surface area contributed by atoms with Crippen LogP contribution in [-0.2, 0) is 11.8 Å². The molecule has 0 saturated carbocycles. The van der Waals surface area contributed by atoms with Gasteiger partial charge in [-0.25, -0.2) is 4.79 Å². The van der Waals surface area contributed by atoms with Crippen molar-refractivity contribution in [2.45, 2.75) is 6.92 Å². The van der Waals surface area contributed by atoms with Crippen LogP contribution >= 0.6 is 23.2 Å². The van der Waals surface area contributed by atoms with Gasteiger partial charge in [0.1, 0.15) is 5.69 Å². The van der Waals surface area contributed by atoms with Crippen LogP contribution in [0.3, 0.4) is 0 Å². The Morgan fingerprint density at radius 3 is 2.64 bits per heavy atom. The van der Waals surface area contributed by atoms with Gasteiger partial charge < -0.3 is 10.1 Å². The topological polar surface area (TPSA) is 73.2 Å². The Kier molecular flexibility index (Phi) is 5.05. The Balaban J connectivity index is 2.17. The molecule has 2 aromatic rings. The molecule has 6 nitrogen and oxygen atoms in total. The average Bonchev–Trinajstić information content (AvgIpc) is 2.85. The number of carbonyl (C=O) groups excluding carboxylic acids is 2. The van der Waals surface area contributed by atoms with Crippen molar-refractivity contribution in [1.82, 2.24) is 9.78 Å². The first-order chi connectivity index (χ1) is 10.4. The van der Waals surface area contributed by atoms with E-state index in [0.29, 0.717) is 15.7 Å². The van der Waals surface area contributed by atoms with Crippen molar-refractivity contribution in [3.8, 4) is 0 Å². The molecule has 1 aromatic carbocycles. The van der Waals surface area contributed by atoms with Crippen LogP contribution in [0.2, 0.25) is 10.0 Å². The van der Waals surface area contributed by atoms with Gasteiger partial charge in [0.15, 0.2) is 5.69 Å². The second-order valence-corrected chi connectivity index (χ2v) is 5.16. The molecule has 8 heteroatoms. The highest BCUT2D eigenvalue weighted by atomic mass is 35.5. The Labute approximate surface area is 137 Å². The molecule has 1 amide bonds. The molecule has 0 bridgehead atoms. The maximum Gasteiger partial charge on any atom is 0.356 e. The van der Waals surface area contributed by atoms with E-state index in [9.17, 15) is 9.59 Å². The third kappa shape index (κ3) is 3.58. The lowest BCUT2D eigenvalue weighted by Gasteiger charge is -2.04. The lowest BCUT2D eigenvalue weighted by atomic mass is 10.3. The number of ether oxygens (including phenoxy) is 1. The molecule has 22 heavy (non-hydrogen) atoms. The van der Waals surface area contributed by atoms with Gasteiger partial charge in [-0.1, -0.05) is 23.2 Å². The number of aryl methyl sites for hydroxylation is 1. The van der Waals surface area contributed by atoms with Crippen molar-refractivity contribution in [2.24, 2.45) is 7.05 Å². The minimum Gasteiger partial charge on any atom is -0.461 e. The maximum atomic E-state index is 12.1. The Morgan fingerprint density at radius 1 is 1.27 bits per heavy atom. The summed E-state index contributed by atoms with van der Waals surface area (Å²) in [6, 6.07) is 6.07. The van der Waals surface area contributed by atoms with E-state index in [0.717, 1.165) is 0 Å². The number of esters is 1. The van der Waals surface area contributed by atoms with Gasteiger partial charge >= 0.3 is 5.97 Å². The first-order valence-corrected chi connectivity index (χ1v) is 7.15. The first-order valence-electron chi connectivity index (χ1n) is 6.40. The van der Waals surface area contributed by atoms with Crippen LogP contribution in [0.4, 0.5) is 5.69 Å². The molecule has 116 valence electrons. The molecule has 1 heterocycles. The van der Waals surface area contributed by atoms with Crippen molar-refractivity contribution < 1.29 is 14.3 Å². The number of hydrogen-bond donors (Lipinski definition) is 1. The number of amides is 1. The Morgan fingerprint density at radius 2 is 2.00 bits per heavy atom. The molecule has 0 unspecified atom stereocenters. The van der Waals surface area contributed by atoms with Crippen LogP contribution in [0.15, 0.2) is 24.3 Å². The SMILES string of the molecule is CCOC(=O)c1cc(C(=O)Nc2ccc(Cl)c(Cl)c2)nn1C. The van der Waals surface area contributed by atoms with Crippen LogP contribution in [0.5, 0.6) is 0 Å².